The first kappa shape index (κ1) is 29.5. The van der Waals surface area contributed by atoms with Crippen LogP contribution >= 0.6 is 0 Å². The van der Waals surface area contributed by atoms with Crippen molar-refractivity contribution in [3.8, 4) is 0 Å². The summed E-state index contributed by atoms with van der Waals surface area (Å²) >= 11 is 0. The van der Waals surface area contributed by atoms with E-state index in [0.29, 0.717) is 0 Å². The summed E-state index contributed by atoms with van der Waals surface area (Å²) in [4.78, 5) is 11.3. The third kappa shape index (κ3) is 4.54. The molecule has 3 N–H and O–H groups in total. The van der Waals surface area contributed by atoms with E-state index in [1.165, 1.54) is 0 Å². The Labute approximate surface area is 179 Å². The van der Waals surface area contributed by atoms with Crippen molar-refractivity contribution in [1.82, 2.24) is 0 Å². The van der Waals surface area contributed by atoms with Crippen LogP contribution in [0.3, 0.4) is 0 Å². The summed E-state index contributed by atoms with van der Waals surface area (Å²) in [5, 5.41) is 19.5. The number of hydrogen-bond donors (Lipinski definition) is 3. The van der Waals surface area contributed by atoms with Gasteiger partial charge in [-0.3, -0.25) is 4.79 Å². The van der Waals surface area contributed by atoms with Crippen LogP contribution in [0.15, 0.2) is 24.8 Å². The van der Waals surface area contributed by atoms with Gasteiger partial charge >= 0.3 is 43.2 Å². The van der Waals surface area contributed by atoms with Gasteiger partial charge in [0.1, 0.15) is 0 Å². The second kappa shape index (κ2) is 8.58. The molecule has 0 spiro atoms. The van der Waals surface area contributed by atoms with Gasteiger partial charge in [0.25, 0.3) is 0 Å². The minimum Gasteiger partial charge on any atom is -0.423 e. The van der Waals surface area contributed by atoms with Gasteiger partial charge in [-0.15, -0.1) is 0 Å². The highest BCUT2D eigenvalue weighted by molar-refractivity contribution is 6.60. The van der Waals surface area contributed by atoms with Crippen LogP contribution in [0.1, 0.15) is 11.1 Å². The maximum Gasteiger partial charge on any atom is 0.489 e. The highest BCUT2D eigenvalue weighted by atomic mass is 19.4. The normalized spacial score (nSPS) is 14.1. The maximum atomic E-state index is 14.4. The third-order valence-corrected chi connectivity index (χ3v) is 4.10. The Morgan fingerprint density at radius 1 is 0.794 bits per heavy atom. The second-order valence-corrected chi connectivity index (χ2v) is 6.31. The predicted molar refractivity (Wildman–Crippen MR) is 84.9 cm³/mol. The Morgan fingerprint density at radius 3 is 1.56 bits per heavy atom. The molecule has 0 unspecified atom stereocenters. The van der Waals surface area contributed by atoms with Crippen molar-refractivity contribution in [3.05, 3.63) is 35.9 Å². The number of rotatable bonds is 7. The molecule has 0 fully saturated rings. The van der Waals surface area contributed by atoms with Gasteiger partial charge in [0.05, 0.1) is 11.3 Å². The van der Waals surface area contributed by atoms with E-state index >= 15 is 0 Å². The van der Waals surface area contributed by atoms with Gasteiger partial charge in [0, 0.05) is 11.0 Å². The fraction of sp³-hybridized carbons (Fsp3) is 0.400. The van der Waals surface area contributed by atoms with E-state index in [0.717, 1.165) is 5.32 Å². The zero-order valence-electron chi connectivity index (χ0n) is 15.6. The lowest BCUT2D eigenvalue weighted by molar-refractivity contribution is -0.360. The Kier molecular flexibility index (Phi) is 7.44. The number of hydrogen-bond acceptors (Lipinski definition) is 3. The molecule has 0 aromatic heterocycles. The molecule has 0 heterocycles. The molecule has 0 aliphatic heterocycles. The van der Waals surface area contributed by atoms with E-state index in [-0.39, 0.29) is 6.08 Å². The molecular weight excluding hydrogens is 519 g/mol. The largest absolute Gasteiger partial charge is 0.489 e. The Morgan fingerprint density at radius 2 is 1.21 bits per heavy atom. The Bertz CT molecular complexity index is 955. The van der Waals surface area contributed by atoms with E-state index in [1.54, 1.807) is 0 Å². The van der Waals surface area contributed by atoms with Crippen LogP contribution < -0.4 is 10.8 Å². The molecule has 0 aliphatic carbocycles. The number of alkyl halides is 14. The van der Waals surface area contributed by atoms with Crippen molar-refractivity contribution in [3.63, 3.8) is 0 Å². The van der Waals surface area contributed by atoms with Crippen molar-refractivity contribution in [2.24, 2.45) is 0 Å². The lowest BCUT2D eigenvalue weighted by Gasteiger charge is -2.34. The molecule has 0 saturated heterocycles. The second-order valence-electron chi connectivity index (χ2n) is 6.31. The number of carbonyl (C=O) groups excluding carboxylic acids is 1. The number of carbonyl (C=O) groups is 1. The van der Waals surface area contributed by atoms with Gasteiger partial charge in [-0.2, -0.15) is 61.5 Å². The predicted octanol–water partition coefficient (Wildman–Crippen LogP) is 4.07. The first-order valence-corrected chi connectivity index (χ1v) is 8.01. The highest BCUT2D eigenvalue weighted by Gasteiger charge is 2.77. The van der Waals surface area contributed by atoms with Crippen LogP contribution in [0.25, 0.3) is 0 Å². The molecule has 1 aromatic rings. The molecule has 0 atom stereocenters. The quantitative estimate of drug-likeness (QED) is 0.285. The summed E-state index contributed by atoms with van der Waals surface area (Å²) in [6, 6.07) is -1.09. The lowest BCUT2D eigenvalue weighted by atomic mass is 9.69. The first-order chi connectivity index (χ1) is 14.9. The van der Waals surface area contributed by atoms with E-state index < -0.39 is 83.5 Å². The van der Waals surface area contributed by atoms with Gasteiger partial charge in [-0.1, -0.05) is 12.6 Å². The highest BCUT2D eigenvalue weighted by Crippen LogP contribution is 2.55. The number of benzene rings is 1. The summed E-state index contributed by atoms with van der Waals surface area (Å²) in [7, 11) is -4.06. The van der Waals surface area contributed by atoms with Gasteiger partial charge in [0.2, 0.25) is 5.91 Å². The molecule has 34 heavy (non-hydrogen) atoms. The molecule has 0 aliphatic rings. The van der Waals surface area contributed by atoms with Gasteiger partial charge in [-0.05, 0) is 12.1 Å². The third-order valence-electron chi connectivity index (χ3n) is 4.10. The molecule has 0 bridgehead atoms. The standard InChI is InChI=1S/C15H8BF14NO3/c1-2-7(32)31-6-4-3-5(10(17,18)12(21,22)14(25,26)27)9(16(33)34)8(6)11(19,20)13(23,24)15(28,29)30/h2-4,33-34H,1H2,(H,31,32). The minimum atomic E-state index is -7.27. The molecule has 1 aromatic carbocycles. The smallest absolute Gasteiger partial charge is 0.423 e. The van der Waals surface area contributed by atoms with Crippen molar-refractivity contribution in [1.29, 1.82) is 0 Å². The maximum absolute atomic E-state index is 14.4. The molecule has 192 valence electrons. The SMILES string of the molecule is C=CC(=O)Nc1ccc(C(F)(F)C(F)(F)C(F)(F)F)c(B(O)O)c1C(F)(F)C(F)(F)C(F)(F)F. The molecule has 0 saturated carbocycles. The van der Waals surface area contributed by atoms with E-state index in [9.17, 15) is 66.3 Å². The first-order valence-electron chi connectivity index (χ1n) is 8.01. The number of amides is 1. The van der Waals surface area contributed by atoms with Gasteiger partial charge < -0.3 is 15.4 Å². The number of halogens is 14. The van der Waals surface area contributed by atoms with Crippen LogP contribution in [0.5, 0.6) is 0 Å². The fourth-order valence-corrected chi connectivity index (χ4v) is 2.47. The summed E-state index contributed by atoms with van der Waals surface area (Å²) < 4.78 is 187. The summed E-state index contributed by atoms with van der Waals surface area (Å²) in [5.74, 6) is -29.7. The van der Waals surface area contributed by atoms with Crippen molar-refractivity contribution in [2.75, 3.05) is 5.32 Å². The summed E-state index contributed by atoms with van der Waals surface area (Å²) in [5.41, 5.74) is -11.3. The molecular formula is C15H8BF14NO3. The van der Waals surface area contributed by atoms with Gasteiger partial charge in [0.15, 0.2) is 0 Å². The Balaban J connectivity index is 4.26. The van der Waals surface area contributed by atoms with Crippen molar-refractivity contribution in [2.45, 2.75) is 36.0 Å². The monoisotopic (exact) mass is 527 g/mol. The zero-order chi connectivity index (χ0) is 27.3. The Hall–Kier alpha value is -2.57. The van der Waals surface area contributed by atoms with Crippen LogP contribution in [0.2, 0.25) is 0 Å². The lowest BCUT2D eigenvalue weighted by Crippen LogP contribution is -2.57. The topological polar surface area (TPSA) is 69.6 Å². The van der Waals surface area contributed by atoms with E-state index in [2.05, 4.69) is 6.58 Å². The van der Waals surface area contributed by atoms with Crippen LogP contribution in [0.4, 0.5) is 67.2 Å². The van der Waals surface area contributed by atoms with Crippen LogP contribution in [-0.2, 0) is 16.6 Å². The molecule has 4 nitrogen and oxygen atoms in total. The zero-order valence-corrected chi connectivity index (χ0v) is 15.6. The minimum absolute atomic E-state index is 0.166. The van der Waals surface area contributed by atoms with Gasteiger partial charge in [-0.25, -0.2) is 0 Å². The van der Waals surface area contributed by atoms with Crippen molar-refractivity contribution >= 4 is 24.2 Å². The van der Waals surface area contributed by atoms with Crippen LogP contribution in [-0.4, -0.2) is 47.3 Å². The van der Waals surface area contributed by atoms with E-state index in [4.69, 9.17) is 10.0 Å². The molecule has 19 heteroatoms. The molecule has 1 amide bonds. The average Bonchev–Trinajstić information content (AvgIpc) is 2.64. The molecule has 1 rings (SSSR count). The molecule has 0 radical (unpaired) electrons. The number of anilines is 1. The summed E-state index contributed by atoms with van der Waals surface area (Å²) in [6.07, 6.45) is -14.2. The van der Waals surface area contributed by atoms with Crippen LogP contribution in [0, 0.1) is 0 Å². The van der Waals surface area contributed by atoms with Crippen molar-refractivity contribution < 1.29 is 76.3 Å². The fourth-order valence-electron chi connectivity index (χ4n) is 2.47. The summed E-state index contributed by atoms with van der Waals surface area (Å²) in [6.45, 7) is 2.74. The number of nitrogens with one attached hydrogen (secondary N) is 1. The van der Waals surface area contributed by atoms with E-state index in [1.807, 2.05) is 0 Å². The average molecular weight is 527 g/mol.